The Bertz CT molecular complexity index is 856. The van der Waals surface area contributed by atoms with Crippen LogP contribution in [0.3, 0.4) is 0 Å². The highest BCUT2D eigenvalue weighted by Gasteiger charge is 2.31. The van der Waals surface area contributed by atoms with Crippen LogP contribution in [0.4, 0.5) is 24.5 Å². The Labute approximate surface area is 163 Å². The fraction of sp³-hybridized carbons (Fsp3) is 0.263. The van der Waals surface area contributed by atoms with Crippen molar-refractivity contribution < 1.29 is 27.5 Å². The Kier molecular flexibility index (Phi) is 6.13. The quantitative estimate of drug-likeness (QED) is 0.775. The molecule has 5 nitrogen and oxygen atoms in total. The predicted molar refractivity (Wildman–Crippen MR) is 101 cm³/mol. The van der Waals surface area contributed by atoms with E-state index in [1.807, 2.05) is 24.3 Å². The average Bonchev–Trinajstić information content (AvgIpc) is 2.79. The minimum absolute atomic E-state index is 0.0508. The SMILES string of the molecule is O=C(CS[C@H]1CCc2ccccc2NC1=O)Nc1ccc(OC(F)(F)F)cc1. The van der Waals surface area contributed by atoms with E-state index in [4.69, 9.17) is 0 Å². The van der Waals surface area contributed by atoms with Gasteiger partial charge in [-0.3, -0.25) is 9.59 Å². The molecule has 28 heavy (non-hydrogen) atoms. The molecule has 0 unspecified atom stereocenters. The monoisotopic (exact) mass is 410 g/mol. The number of aryl methyl sites for hydroxylation is 1. The van der Waals surface area contributed by atoms with Crippen molar-refractivity contribution >= 4 is 35.0 Å². The Morgan fingerprint density at radius 1 is 1.18 bits per heavy atom. The fourth-order valence-corrected chi connectivity index (χ4v) is 3.68. The van der Waals surface area contributed by atoms with Gasteiger partial charge in [-0.25, -0.2) is 0 Å². The number of anilines is 2. The van der Waals surface area contributed by atoms with Crippen molar-refractivity contribution in [2.75, 3.05) is 16.4 Å². The molecule has 2 N–H and O–H groups in total. The topological polar surface area (TPSA) is 67.4 Å². The number of thioether (sulfide) groups is 1. The summed E-state index contributed by atoms with van der Waals surface area (Å²) >= 11 is 1.23. The molecule has 0 bridgehead atoms. The molecule has 2 aromatic rings. The van der Waals surface area contributed by atoms with Gasteiger partial charge in [0, 0.05) is 11.4 Å². The zero-order valence-corrected chi connectivity index (χ0v) is 15.4. The van der Waals surface area contributed by atoms with Gasteiger partial charge in [0.25, 0.3) is 0 Å². The van der Waals surface area contributed by atoms with Crippen molar-refractivity contribution in [3.05, 3.63) is 54.1 Å². The van der Waals surface area contributed by atoms with Crippen LogP contribution in [0, 0.1) is 0 Å². The molecule has 0 fully saturated rings. The Balaban J connectivity index is 1.50. The Hall–Kier alpha value is -2.68. The molecule has 1 atom stereocenters. The van der Waals surface area contributed by atoms with Gasteiger partial charge in [-0.2, -0.15) is 0 Å². The lowest BCUT2D eigenvalue weighted by molar-refractivity contribution is -0.274. The number of hydrogen-bond acceptors (Lipinski definition) is 4. The van der Waals surface area contributed by atoms with Crippen molar-refractivity contribution in [1.82, 2.24) is 0 Å². The molecule has 1 aliphatic heterocycles. The molecule has 0 spiro atoms. The summed E-state index contributed by atoms with van der Waals surface area (Å²) in [6.07, 6.45) is -3.42. The summed E-state index contributed by atoms with van der Waals surface area (Å²) in [5.41, 5.74) is 2.20. The van der Waals surface area contributed by atoms with Crippen molar-refractivity contribution in [1.29, 1.82) is 0 Å². The van der Waals surface area contributed by atoms with E-state index in [1.54, 1.807) is 0 Å². The Morgan fingerprint density at radius 2 is 1.89 bits per heavy atom. The summed E-state index contributed by atoms with van der Waals surface area (Å²) < 4.78 is 40.2. The molecule has 9 heteroatoms. The second-order valence-corrected chi connectivity index (χ2v) is 7.30. The normalized spacial score (nSPS) is 16.5. The average molecular weight is 410 g/mol. The number of carbonyl (C=O) groups excluding carboxylic acids is 2. The molecule has 1 aliphatic rings. The molecule has 3 rings (SSSR count). The number of benzene rings is 2. The Morgan fingerprint density at radius 3 is 2.61 bits per heavy atom. The minimum Gasteiger partial charge on any atom is -0.406 e. The maximum absolute atomic E-state index is 12.3. The van der Waals surface area contributed by atoms with Crippen LogP contribution in [0.1, 0.15) is 12.0 Å². The molecular weight excluding hydrogens is 393 g/mol. The van der Waals surface area contributed by atoms with Gasteiger partial charge in [0.05, 0.1) is 11.0 Å². The van der Waals surface area contributed by atoms with E-state index in [9.17, 15) is 22.8 Å². The van der Waals surface area contributed by atoms with Crippen LogP contribution in [-0.2, 0) is 16.0 Å². The highest BCUT2D eigenvalue weighted by Crippen LogP contribution is 2.27. The highest BCUT2D eigenvalue weighted by molar-refractivity contribution is 8.01. The van der Waals surface area contributed by atoms with Gasteiger partial charge >= 0.3 is 6.36 Å². The third-order valence-electron chi connectivity index (χ3n) is 4.03. The number of nitrogens with one attached hydrogen (secondary N) is 2. The predicted octanol–water partition coefficient (Wildman–Crippen LogP) is 4.21. The molecule has 0 radical (unpaired) electrons. The molecule has 0 saturated heterocycles. The van der Waals surface area contributed by atoms with E-state index in [1.165, 1.54) is 23.9 Å². The van der Waals surface area contributed by atoms with Crippen molar-refractivity contribution in [2.45, 2.75) is 24.5 Å². The maximum Gasteiger partial charge on any atom is 0.573 e. The summed E-state index contributed by atoms with van der Waals surface area (Å²) in [6.45, 7) is 0. The van der Waals surface area contributed by atoms with Crippen LogP contribution in [0.15, 0.2) is 48.5 Å². The van der Waals surface area contributed by atoms with E-state index in [-0.39, 0.29) is 28.6 Å². The number of carbonyl (C=O) groups is 2. The maximum atomic E-state index is 12.3. The second kappa shape index (κ2) is 8.55. The van der Waals surface area contributed by atoms with Gasteiger partial charge < -0.3 is 15.4 Å². The van der Waals surface area contributed by atoms with Crippen LogP contribution < -0.4 is 15.4 Å². The number of alkyl halides is 3. The van der Waals surface area contributed by atoms with Crippen LogP contribution in [0.2, 0.25) is 0 Å². The first kappa shape index (κ1) is 20.1. The number of hydrogen-bond donors (Lipinski definition) is 2. The summed E-state index contributed by atoms with van der Waals surface area (Å²) in [5, 5.41) is 5.10. The van der Waals surface area contributed by atoms with Crippen LogP contribution in [0.5, 0.6) is 5.75 Å². The van der Waals surface area contributed by atoms with Gasteiger partial charge in [-0.05, 0) is 48.7 Å². The van der Waals surface area contributed by atoms with Gasteiger partial charge in [0.1, 0.15) is 5.75 Å². The first-order chi connectivity index (χ1) is 13.3. The fourth-order valence-electron chi connectivity index (χ4n) is 2.76. The molecule has 0 saturated carbocycles. The number of amides is 2. The number of ether oxygens (including phenoxy) is 1. The molecule has 1 heterocycles. The zero-order chi connectivity index (χ0) is 20.1. The molecular formula is C19H17F3N2O3S. The van der Waals surface area contributed by atoms with E-state index in [0.717, 1.165) is 29.8 Å². The highest BCUT2D eigenvalue weighted by atomic mass is 32.2. The van der Waals surface area contributed by atoms with Crippen LogP contribution in [-0.4, -0.2) is 29.2 Å². The number of halogens is 3. The lowest BCUT2D eigenvalue weighted by Gasteiger charge is -2.13. The summed E-state index contributed by atoms with van der Waals surface area (Å²) in [6, 6.07) is 12.4. The number of rotatable bonds is 5. The first-order valence-electron chi connectivity index (χ1n) is 8.46. The minimum atomic E-state index is -4.76. The third-order valence-corrected chi connectivity index (χ3v) is 5.31. The number of para-hydroxylation sites is 1. The molecule has 2 amide bonds. The van der Waals surface area contributed by atoms with E-state index < -0.39 is 6.36 Å². The molecule has 0 aliphatic carbocycles. The van der Waals surface area contributed by atoms with Crippen LogP contribution in [0.25, 0.3) is 0 Å². The van der Waals surface area contributed by atoms with Crippen LogP contribution >= 0.6 is 11.8 Å². The standard InChI is InChI=1S/C19H17F3N2O3S/c20-19(21,22)27-14-8-6-13(7-9-14)23-17(25)11-28-16-10-5-12-3-1-2-4-15(12)24-18(16)26/h1-4,6-9,16H,5,10-11H2,(H,23,25)(H,24,26)/t16-/m0/s1. The zero-order valence-electron chi connectivity index (χ0n) is 14.6. The van der Waals surface area contributed by atoms with E-state index in [2.05, 4.69) is 15.4 Å². The summed E-state index contributed by atoms with van der Waals surface area (Å²) in [7, 11) is 0. The number of fused-ring (bicyclic) bond motifs is 1. The smallest absolute Gasteiger partial charge is 0.406 e. The van der Waals surface area contributed by atoms with Crippen molar-refractivity contribution in [2.24, 2.45) is 0 Å². The third kappa shape index (κ3) is 5.66. The van der Waals surface area contributed by atoms with E-state index >= 15 is 0 Å². The first-order valence-corrected chi connectivity index (χ1v) is 9.51. The lowest BCUT2D eigenvalue weighted by atomic mass is 10.1. The summed E-state index contributed by atoms with van der Waals surface area (Å²) in [4.78, 5) is 24.4. The van der Waals surface area contributed by atoms with Gasteiger partial charge in [-0.1, -0.05) is 18.2 Å². The lowest BCUT2D eigenvalue weighted by Crippen LogP contribution is -2.26. The molecule has 2 aromatic carbocycles. The van der Waals surface area contributed by atoms with Gasteiger partial charge in [0.15, 0.2) is 0 Å². The second-order valence-electron chi connectivity index (χ2n) is 6.11. The van der Waals surface area contributed by atoms with Crippen molar-refractivity contribution in [3.63, 3.8) is 0 Å². The van der Waals surface area contributed by atoms with Crippen molar-refractivity contribution in [3.8, 4) is 5.75 Å². The van der Waals surface area contributed by atoms with Gasteiger partial charge in [-0.15, -0.1) is 24.9 Å². The largest absolute Gasteiger partial charge is 0.573 e. The molecule has 0 aromatic heterocycles. The van der Waals surface area contributed by atoms with Gasteiger partial charge in [0.2, 0.25) is 11.8 Å². The van der Waals surface area contributed by atoms with E-state index in [0.29, 0.717) is 12.1 Å². The summed E-state index contributed by atoms with van der Waals surface area (Å²) in [5.74, 6) is -0.801. The molecule has 148 valence electrons.